The summed E-state index contributed by atoms with van der Waals surface area (Å²) in [4.78, 5) is 40.5. The maximum atomic E-state index is 12.1. The van der Waals surface area contributed by atoms with Gasteiger partial charge in [0.15, 0.2) is 16.9 Å². The summed E-state index contributed by atoms with van der Waals surface area (Å²) in [6.45, 7) is 9.08. The first-order valence-corrected chi connectivity index (χ1v) is 9.84. The fraction of sp³-hybridized carbons (Fsp3) is 0.300. The van der Waals surface area contributed by atoms with E-state index in [0.29, 0.717) is 11.7 Å². The zero-order valence-electron chi connectivity index (χ0n) is 16.6. The molecule has 3 N–H and O–H groups in total. The van der Waals surface area contributed by atoms with Gasteiger partial charge in [0.05, 0.1) is 6.54 Å². The molecule has 0 aliphatic heterocycles. The lowest BCUT2D eigenvalue weighted by atomic mass is 10.1. The number of hydrogen-bond acceptors (Lipinski definition) is 7. The van der Waals surface area contributed by atoms with Crippen LogP contribution >= 0.6 is 11.3 Å². The normalized spacial score (nSPS) is 11.3. The van der Waals surface area contributed by atoms with Gasteiger partial charge < -0.3 is 20.7 Å². The highest BCUT2D eigenvalue weighted by molar-refractivity contribution is 7.13. The number of anilines is 2. The van der Waals surface area contributed by atoms with Crippen molar-refractivity contribution in [2.24, 2.45) is 0 Å². The van der Waals surface area contributed by atoms with E-state index in [0.717, 1.165) is 16.8 Å². The number of amides is 2. The molecule has 0 aliphatic rings. The van der Waals surface area contributed by atoms with Crippen molar-refractivity contribution in [3.8, 4) is 0 Å². The third kappa shape index (κ3) is 6.42. The molecular formula is C20H24N4O4S. The Morgan fingerprint density at radius 3 is 2.62 bits per heavy atom. The third-order valence-electron chi connectivity index (χ3n) is 3.93. The Kier molecular flexibility index (Phi) is 7.90. The van der Waals surface area contributed by atoms with Crippen LogP contribution in [0.1, 0.15) is 28.5 Å². The molecule has 1 atom stereocenters. The van der Waals surface area contributed by atoms with Crippen molar-refractivity contribution < 1.29 is 19.1 Å². The number of hydrogen-bond donors (Lipinski definition) is 3. The maximum Gasteiger partial charge on any atom is 0.358 e. The lowest BCUT2D eigenvalue weighted by Gasteiger charge is -2.14. The summed E-state index contributed by atoms with van der Waals surface area (Å²) in [5, 5.41) is 10.3. The molecule has 1 heterocycles. The Labute approximate surface area is 173 Å². The molecule has 0 radical (unpaired) electrons. The number of thiazole rings is 1. The lowest BCUT2D eigenvalue weighted by molar-refractivity contribution is -0.130. The summed E-state index contributed by atoms with van der Waals surface area (Å²) in [6, 6.07) is 5.68. The van der Waals surface area contributed by atoms with Crippen molar-refractivity contribution in [3.63, 3.8) is 0 Å². The fourth-order valence-corrected chi connectivity index (χ4v) is 3.08. The number of esters is 1. The number of aryl methyl sites for hydroxylation is 2. The molecule has 2 amide bonds. The number of rotatable bonds is 9. The van der Waals surface area contributed by atoms with Gasteiger partial charge in [0.2, 0.25) is 5.91 Å². The van der Waals surface area contributed by atoms with Crippen LogP contribution in [0.2, 0.25) is 0 Å². The second-order valence-electron chi connectivity index (χ2n) is 6.29. The molecule has 0 aliphatic carbocycles. The lowest BCUT2D eigenvalue weighted by Crippen LogP contribution is -2.40. The predicted octanol–water partition coefficient (Wildman–Crippen LogP) is 2.66. The quantitative estimate of drug-likeness (QED) is 0.428. The molecule has 1 aromatic carbocycles. The zero-order valence-corrected chi connectivity index (χ0v) is 17.4. The smallest absolute Gasteiger partial charge is 0.358 e. The van der Waals surface area contributed by atoms with Crippen molar-refractivity contribution in [2.45, 2.75) is 26.9 Å². The van der Waals surface area contributed by atoms with E-state index in [1.54, 1.807) is 6.08 Å². The Balaban J connectivity index is 1.82. The van der Waals surface area contributed by atoms with Gasteiger partial charge in [-0.05, 0) is 31.9 Å². The molecule has 0 saturated heterocycles. The highest BCUT2D eigenvalue weighted by atomic mass is 32.1. The van der Waals surface area contributed by atoms with Crippen LogP contribution in [0.3, 0.4) is 0 Å². The van der Waals surface area contributed by atoms with Crippen molar-refractivity contribution in [1.82, 2.24) is 10.3 Å². The number of benzene rings is 1. The Hall–Kier alpha value is -3.20. The summed E-state index contributed by atoms with van der Waals surface area (Å²) in [6.07, 6.45) is 0.601. The second kappa shape index (κ2) is 10.4. The van der Waals surface area contributed by atoms with Gasteiger partial charge in [-0.1, -0.05) is 24.3 Å². The molecule has 0 bridgehead atoms. The first-order valence-electron chi connectivity index (χ1n) is 8.97. The largest absolute Gasteiger partial charge is 0.448 e. The highest BCUT2D eigenvalue weighted by Gasteiger charge is 2.21. The van der Waals surface area contributed by atoms with E-state index < -0.39 is 18.0 Å². The van der Waals surface area contributed by atoms with Crippen molar-refractivity contribution in [3.05, 3.63) is 53.1 Å². The van der Waals surface area contributed by atoms with Gasteiger partial charge in [-0.3, -0.25) is 9.59 Å². The molecular weight excluding hydrogens is 392 g/mol. The van der Waals surface area contributed by atoms with Crippen LogP contribution in [0.4, 0.5) is 10.8 Å². The molecule has 8 nitrogen and oxygen atoms in total. The summed E-state index contributed by atoms with van der Waals surface area (Å²) < 4.78 is 5.12. The minimum absolute atomic E-state index is 0.106. The average Bonchev–Trinajstić information content (AvgIpc) is 3.16. The molecule has 29 heavy (non-hydrogen) atoms. The van der Waals surface area contributed by atoms with Crippen LogP contribution in [-0.4, -0.2) is 42.0 Å². The van der Waals surface area contributed by atoms with Crippen LogP contribution in [0.5, 0.6) is 0 Å². The van der Waals surface area contributed by atoms with Crippen molar-refractivity contribution in [1.29, 1.82) is 0 Å². The summed E-state index contributed by atoms with van der Waals surface area (Å²) in [5.74, 6) is -1.66. The minimum atomic E-state index is -1.07. The van der Waals surface area contributed by atoms with Gasteiger partial charge in [-0.15, -0.1) is 17.9 Å². The SMILES string of the molecule is C=CCNc1nc(C(=O)O[C@H](C)C(=O)NCC(=O)Nc2c(C)cccc2C)cs1. The van der Waals surface area contributed by atoms with E-state index in [1.807, 2.05) is 32.0 Å². The van der Waals surface area contributed by atoms with Crippen LogP contribution in [0.15, 0.2) is 36.2 Å². The van der Waals surface area contributed by atoms with Gasteiger partial charge in [0, 0.05) is 17.6 Å². The third-order valence-corrected chi connectivity index (χ3v) is 4.73. The molecule has 0 spiro atoms. The number of nitrogens with zero attached hydrogens (tertiary/aromatic N) is 1. The number of carbonyl (C=O) groups is 3. The van der Waals surface area contributed by atoms with E-state index in [9.17, 15) is 14.4 Å². The number of nitrogens with one attached hydrogen (secondary N) is 3. The standard InChI is InChI=1S/C20H24N4O4S/c1-5-9-21-20-23-15(11-29-20)19(27)28-14(4)18(26)22-10-16(25)24-17-12(2)7-6-8-13(17)3/h5-8,11,14H,1,9-10H2,2-4H3,(H,21,23)(H,22,26)(H,24,25)/t14-/m1/s1. The number of para-hydroxylation sites is 1. The zero-order chi connectivity index (χ0) is 21.4. The molecule has 0 saturated carbocycles. The number of aromatic nitrogens is 1. The number of ether oxygens (including phenoxy) is 1. The average molecular weight is 417 g/mol. The topological polar surface area (TPSA) is 109 Å². The van der Waals surface area contributed by atoms with Crippen molar-refractivity contribution in [2.75, 3.05) is 23.7 Å². The van der Waals surface area contributed by atoms with E-state index in [4.69, 9.17) is 4.74 Å². The first kappa shape index (κ1) is 22.1. The fourth-order valence-electron chi connectivity index (χ4n) is 2.39. The molecule has 154 valence electrons. The molecule has 2 rings (SSSR count). The van der Waals surface area contributed by atoms with E-state index in [2.05, 4.69) is 27.5 Å². The summed E-state index contributed by atoms with van der Waals surface area (Å²) in [5.41, 5.74) is 2.68. The van der Waals surface area contributed by atoms with E-state index in [-0.39, 0.29) is 18.1 Å². The maximum absolute atomic E-state index is 12.1. The van der Waals surface area contributed by atoms with Gasteiger partial charge in [-0.2, -0.15) is 0 Å². The van der Waals surface area contributed by atoms with E-state index >= 15 is 0 Å². The summed E-state index contributed by atoms with van der Waals surface area (Å²) >= 11 is 1.25. The van der Waals surface area contributed by atoms with Crippen LogP contribution < -0.4 is 16.0 Å². The Bertz CT molecular complexity index is 889. The molecule has 0 fully saturated rings. The molecule has 9 heteroatoms. The highest BCUT2D eigenvalue weighted by Crippen LogP contribution is 2.19. The van der Waals surface area contributed by atoms with Gasteiger partial charge in [-0.25, -0.2) is 9.78 Å². The molecule has 2 aromatic rings. The predicted molar refractivity (Wildman–Crippen MR) is 113 cm³/mol. The van der Waals surface area contributed by atoms with Gasteiger partial charge in [0.25, 0.3) is 5.91 Å². The minimum Gasteiger partial charge on any atom is -0.448 e. The van der Waals surface area contributed by atoms with Crippen LogP contribution in [-0.2, 0) is 14.3 Å². The second-order valence-corrected chi connectivity index (χ2v) is 7.15. The van der Waals surface area contributed by atoms with Crippen molar-refractivity contribution >= 4 is 39.9 Å². The Morgan fingerprint density at radius 1 is 1.28 bits per heavy atom. The van der Waals surface area contributed by atoms with E-state index in [1.165, 1.54) is 23.6 Å². The summed E-state index contributed by atoms with van der Waals surface area (Å²) in [7, 11) is 0. The van der Waals surface area contributed by atoms with Crippen LogP contribution in [0, 0.1) is 13.8 Å². The monoisotopic (exact) mass is 416 g/mol. The first-order chi connectivity index (χ1) is 13.8. The Morgan fingerprint density at radius 2 is 1.97 bits per heavy atom. The molecule has 0 unspecified atom stereocenters. The molecule has 1 aromatic heterocycles. The van der Waals surface area contributed by atoms with Gasteiger partial charge >= 0.3 is 5.97 Å². The number of carbonyl (C=O) groups excluding carboxylic acids is 3. The van der Waals surface area contributed by atoms with Crippen LogP contribution in [0.25, 0.3) is 0 Å². The van der Waals surface area contributed by atoms with Gasteiger partial charge in [0.1, 0.15) is 0 Å².